The number of halogens is 1. The van der Waals surface area contributed by atoms with Gasteiger partial charge in [-0.05, 0) is 25.1 Å². The molecule has 2 rings (SSSR count). The Hall–Kier alpha value is -1.16. The summed E-state index contributed by atoms with van der Waals surface area (Å²) in [6, 6.07) is 12.3. The lowest BCUT2D eigenvalue weighted by atomic mass is 10.2. The van der Waals surface area contributed by atoms with E-state index >= 15 is 0 Å². The summed E-state index contributed by atoms with van der Waals surface area (Å²) >= 11 is 5.52. The van der Waals surface area contributed by atoms with Gasteiger partial charge in [0, 0.05) is 24.4 Å². The topological polar surface area (TPSA) is 34.1 Å². The van der Waals surface area contributed by atoms with E-state index < -0.39 is 0 Å². The summed E-state index contributed by atoms with van der Waals surface area (Å²) in [6.07, 6.45) is 0.991. The van der Waals surface area contributed by atoms with Crippen LogP contribution in [0.1, 0.15) is 12.1 Å². The Morgan fingerprint density at radius 1 is 1.11 bits per heavy atom. The first-order valence-electron chi connectivity index (χ1n) is 6.59. The number of alkyl halides is 1. The molecule has 0 amide bonds. The maximum atomic E-state index is 5.52. The Morgan fingerprint density at radius 2 is 2.00 bits per heavy atom. The number of aromatic nitrogens is 1. The predicted octanol–water partition coefficient (Wildman–Crippen LogP) is 2.97. The van der Waals surface area contributed by atoms with Crippen molar-refractivity contribution in [2.45, 2.75) is 13.0 Å². The molecule has 2 aromatic rings. The molecule has 0 radical (unpaired) electrons. The summed E-state index contributed by atoms with van der Waals surface area (Å²) in [5, 5.41) is 4.55. The van der Waals surface area contributed by atoms with E-state index in [0.29, 0.717) is 12.5 Å². The normalized spacial score (nSPS) is 11.0. The molecule has 0 saturated heterocycles. The maximum Gasteiger partial charge on any atom is 0.0705 e. The van der Waals surface area contributed by atoms with E-state index in [-0.39, 0.29) is 0 Å². The number of rotatable bonds is 8. The van der Waals surface area contributed by atoms with Crippen molar-refractivity contribution in [3.63, 3.8) is 0 Å². The largest absolute Gasteiger partial charge is 0.380 e. The van der Waals surface area contributed by atoms with Crippen LogP contribution in [-0.2, 0) is 11.3 Å². The Labute approximate surface area is 118 Å². The summed E-state index contributed by atoms with van der Waals surface area (Å²) in [6.45, 7) is 3.11. The molecular formula is C15H19ClN2O. The number of pyridine rings is 1. The van der Waals surface area contributed by atoms with E-state index in [2.05, 4.69) is 28.5 Å². The van der Waals surface area contributed by atoms with Gasteiger partial charge >= 0.3 is 0 Å². The van der Waals surface area contributed by atoms with Crippen LogP contribution in [-0.4, -0.2) is 30.6 Å². The van der Waals surface area contributed by atoms with Gasteiger partial charge in [-0.15, -0.1) is 11.6 Å². The van der Waals surface area contributed by atoms with Crippen LogP contribution in [0.25, 0.3) is 10.9 Å². The fourth-order valence-electron chi connectivity index (χ4n) is 1.88. The van der Waals surface area contributed by atoms with Crippen LogP contribution in [0.5, 0.6) is 0 Å². The highest BCUT2D eigenvalue weighted by Gasteiger charge is 1.97. The average molecular weight is 279 g/mol. The smallest absolute Gasteiger partial charge is 0.0705 e. The third kappa shape index (κ3) is 4.78. The second-order valence-electron chi connectivity index (χ2n) is 4.33. The zero-order valence-corrected chi connectivity index (χ0v) is 11.7. The number of benzene rings is 1. The number of hydrogen-bond donors (Lipinski definition) is 1. The highest BCUT2D eigenvalue weighted by atomic mass is 35.5. The first-order chi connectivity index (χ1) is 9.40. The molecule has 0 spiro atoms. The highest BCUT2D eigenvalue weighted by Crippen LogP contribution is 2.11. The van der Waals surface area contributed by atoms with E-state index in [9.17, 15) is 0 Å². The zero-order valence-electron chi connectivity index (χ0n) is 10.9. The van der Waals surface area contributed by atoms with E-state index in [0.717, 1.165) is 37.3 Å². The van der Waals surface area contributed by atoms with Gasteiger partial charge in [-0.1, -0.05) is 24.3 Å². The number of fused-ring (bicyclic) bond motifs is 1. The molecule has 1 N–H and O–H groups in total. The summed E-state index contributed by atoms with van der Waals surface area (Å²) in [4.78, 5) is 4.61. The SMILES string of the molecule is ClCCOCCCNCc1ccc2ccccc2n1. The third-order valence-electron chi connectivity index (χ3n) is 2.83. The van der Waals surface area contributed by atoms with Gasteiger partial charge in [-0.2, -0.15) is 0 Å². The predicted molar refractivity (Wildman–Crippen MR) is 79.6 cm³/mol. The molecule has 3 nitrogen and oxygen atoms in total. The van der Waals surface area contributed by atoms with Crippen LogP contribution < -0.4 is 5.32 Å². The van der Waals surface area contributed by atoms with E-state index in [4.69, 9.17) is 16.3 Å². The van der Waals surface area contributed by atoms with Crippen molar-refractivity contribution in [2.24, 2.45) is 0 Å². The van der Waals surface area contributed by atoms with Crippen LogP contribution in [0.4, 0.5) is 0 Å². The number of hydrogen-bond acceptors (Lipinski definition) is 3. The Kier molecular flexibility index (Phi) is 6.08. The quantitative estimate of drug-likeness (QED) is 0.595. The van der Waals surface area contributed by atoms with Crippen LogP contribution in [0, 0.1) is 0 Å². The van der Waals surface area contributed by atoms with E-state index in [1.165, 1.54) is 5.39 Å². The van der Waals surface area contributed by atoms with Crippen molar-refractivity contribution < 1.29 is 4.74 Å². The van der Waals surface area contributed by atoms with E-state index in [1.807, 2.05) is 18.2 Å². The first-order valence-corrected chi connectivity index (χ1v) is 7.13. The van der Waals surface area contributed by atoms with E-state index in [1.54, 1.807) is 0 Å². The van der Waals surface area contributed by atoms with Gasteiger partial charge in [0.1, 0.15) is 0 Å². The van der Waals surface area contributed by atoms with Gasteiger partial charge in [0.05, 0.1) is 17.8 Å². The second kappa shape index (κ2) is 8.10. The maximum absolute atomic E-state index is 5.52. The first kappa shape index (κ1) is 14.3. The second-order valence-corrected chi connectivity index (χ2v) is 4.70. The molecule has 0 saturated carbocycles. The van der Waals surface area contributed by atoms with Crippen molar-refractivity contribution in [3.8, 4) is 0 Å². The lowest BCUT2D eigenvalue weighted by Crippen LogP contribution is -2.17. The molecule has 0 fully saturated rings. The summed E-state index contributed by atoms with van der Waals surface area (Å²) in [5.74, 6) is 0.564. The number of nitrogens with one attached hydrogen (secondary N) is 1. The minimum atomic E-state index is 0.564. The van der Waals surface area contributed by atoms with Gasteiger partial charge < -0.3 is 10.1 Å². The molecule has 0 bridgehead atoms. The number of nitrogens with zero attached hydrogens (tertiary/aromatic N) is 1. The van der Waals surface area contributed by atoms with Crippen LogP contribution in [0.15, 0.2) is 36.4 Å². The fraction of sp³-hybridized carbons (Fsp3) is 0.400. The number of para-hydroxylation sites is 1. The van der Waals surface area contributed by atoms with Gasteiger partial charge in [0.15, 0.2) is 0 Å². The number of ether oxygens (including phenoxy) is 1. The fourth-order valence-corrected chi connectivity index (χ4v) is 1.99. The molecule has 102 valence electrons. The van der Waals surface area contributed by atoms with Gasteiger partial charge in [0.2, 0.25) is 0 Å². The molecule has 0 aliphatic rings. The Bertz CT molecular complexity index is 504. The van der Waals surface area contributed by atoms with Gasteiger partial charge in [-0.25, -0.2) is 0 Å². The lowest BCUT2D eigenvalue weighted by Gasteiger charge is -2.06. The zero-order chi connectivity index (χ0) is 13.3. The molecule has 0 aliphatic heterocycles. The van der Waals surface area contributed by atoms with Crippen molar-refractivity contribution in [3.05, 3.63) is 42.1 Å². The minimum absolute atomic E-state index is 0.564. The van der Waals surface area contributed by atoms with Crippen molar-refractivity contribution >= 4 is 22.5 Å². The average Bonchev–Trinajstić information content (AvgIpc) is 2.46. The van der Waals surface area contributed by atoms with Crippen molar-refractivity contribution in [1.29, 1.82) is 0 Å². The van der Waals surface area contributed by atoms with Crippen molar-refractivity contribution in [1.82, 2.24) is 10.3 Å². The summed E-state index contributed by atoms with van der Waals surface area (Å²) < 4.78 is 5.31. The van der Waals surface area contributed by atoms with Crippen LogP contribution in [0.2, 0.25) is 0 Å². The summed E-state index contributed by atoms with van der Waals surface area (Å²) in [5.41, 5.74) is 2.12. The molecule has 1 heterocycles. The van der Waals surface area contributed by atoms with Crippen LogP contribution >= 0.6 is 11.6 Å². The standard InChI is InChI=1S/C15H19ClN2O/c16-8-11-19-10-3-9-17-12-14-7-6-13-4-1-2-5-15(13)18-14/h1-2,4-7,17H,3,8-12H2. The molecule has 0 unspecified atom stereocenters. The molecule has 0 atom stereocenters. The van der Waals surface area contributed by atoms with Gasteiger partial charge in [-0.3, -0.25) is 4.98 Å². The lowest BCUT2D eigenvalue weighted by molar-refractivity contribution is 0.146. The third-order valence-corrected chi connectivity index (χ3v) is 2.98. The molecule has 0 aliphatic carbocycles. The monoisotopic (exact) mass is 278 g/mol. The molecule has 1 aromatic heterocycles. The molecule has 4 heteroatoms. The highest BCUT2D eigenvalue weighted by molar-refractivity contribution is 6.17. The van der Waals surface area contributed by atoms with Gasteiger partial charge in [0.25, 0.3) is 0 Å². The summed E-state index contributed by atoms with van der Waals surface area (Å²) in [7, 11) is 0. The molecular weight excluding hydrogens is 260 g/mol. The van der Waals surface area contributed by atoms with Crippen LogP contribution in [0.3, 0.4) is 0 Å². The molecule has 1 aromatic carbocycles. The van der Waals surface area contributed by atoms with Crippen molar-refractivity contribution in [2.75, 3.05) is 25.6 Å². The Balaban J connectivity index is 1.72. The Morgan fingerprint density at radius 3 is 2.89 bits per heavy atom. The molecule has 19 heavy (non-hydrogen) atoms. The minimum Gasteiger partial charge on any atom is -0.380 e.